The Morgan fingerprint density at radius 2 is 2.00 bits per heavy atom. The standard InChI is InChI=1S/C12H20N4/c1-13-9-11-3-7-16(8-4-11)10-12-14-5-2-6-15-12/h2,5-6,11,13H,3-4,7-10H2,1H3. The summed E-state index contributed by atoms with van der Waals surface area (Å²) in [5.74, 6) is 1.78. The van der Waals surface area contributed by atoms with Crippen molar-refractivity contribution in [3.63, 3.8) is 0 Å². The molecule has 4 heteroatoms. The Bertz CT molecular complexity index is 293. The van der Waals surface area contributed by atoms with Crippen LogP contribution in [0.1, 0.15) is 18.7 Å². The van der Waals surface area contributed by atoms with Crippen molar-refractivity contribution in [3.8, 4) is 0 Å². The predicted molar refractivity (Wildman–Crippen MR) is 64.0 cm³/mol. The maximum atomic E-state index is 4.26. The zero-order valence-corrected chi connectivity index (χ0v) is 9.89. The van der Waals surface area contributed by atoms with Crippen molar-refractivity contribution in [1.29, 1.82) is 0 Å². The topological polar surface area (TPSA) is 41.0 Å². The molecule has 88 valence electrons. The van der Waals surface area contributed by atoms with Crippen LogP contribution in [0.15, 0.2) is 18.5 Å². The number of rotatable bonds is 4. The minimum absolute atomic E-state index is 0.845. The van der Waals surface area contributed by atoms with E-state index in [0.717, 1.165) is 24.8 Å². The van der Waals surface area contributed by atoms with Crippen LogP contribution in [0.2, 0.25) is 0 Å². The highest BCUT2D eigenvalue weighted by Crippen LogP contribution is 2.17. The van der Waals surface area contributed by atoms with Crippen LogP contribution in [-0.2, 0) is 6.54 Å². The molecule has 2 rings (SSSR count). The van der Waals surface area contributed by atoms with Crippen molar-refractivity contribution in [3.05, 3.63) is 24.3 Å². The Labute approximate surface area is 97.1 Å². The van der Waals surface area contributed by atoms with Gasteiger partial charge in [0.2, 0.25) is 0 Å². The van der Waals surface area contributed by atoms with Crippen LogP contribution < -0.4 is 5.32 Å². The van der Waals surface area contributed by atoms with Gasteiger partial charge in [-0.25, -0.2) is 9.97 Å². The first-order chi connectivity index (χ1) is 7.88. The number of hydrogen-bond donors (Lipinski definition) is 1. The van der Waals surface area contributed by atoms with Crippen LogP contribution in [0.5, 0.6) is 0 Å². The van der Waals surface area contributed by atoms with E-state index in [1.54, 1.807) is 0 Å². The van der Waals surface area contributed by atoms with Gasteiger partial charge in [-0.15, -0.1) is 0 Å². The van der Waals surface area contributed by atoms with E-state index in [1.807, 2.05) is 25.5 Å². The van der Waals surface area contributed by atoms with Gasteiger partial charge in [0, 0.05) is 12.4 Å². The van der Waals surface area contributed by atoms with E-state index in [2.05, 4.69) is 20.2 Å². The van der Waals surface area contributed by atoms with E-state index in [-0.39, 0.29) is 0 Å². The average Bonchev–Trinajstić information content (AvgIpc) is 2.33. The van der Waals surface area contributed by atoms with Crippen LogP contribution in [-0.4, -0.2) is 41.5 Å². The molecule has 1 saturated heterocycles. The molecule has 0 aromatic carbocycles. The lowest BCUT2D eigenvalue weighted by Gasteiger charge is -2.31. The van der Waals surface area contributed by atoms with Gasteiger partial charge in [0.25, 0.3) is 0 Å². The summed E-state index contributed by atoms with van der Waals surface area (Å²) in [6, 6.07) is 1.86. The summed E-state index contributed by atoms with van der Waals surface area (Å²) in [5.41, 5.74) is 0. The summed E-state index contributed by atoms with van der Waals surface area (Å²) in [6.45, 7) is 4.39. The zero-order chi connectivity index (χ0) is 11.2. The molecule has 1 fully saturated rings. The van der Waals surface area contributed by atoms with E-state index < -0.39 is 0 Å². The van der Waals surface area contributed by atoms with Gasteiger partial charge < -0.3 is 5.32 Å². The maximum Gasteiger partial charge on any atom is 0.142 e. The van der Waals surface area contributed by atoms with Gasteiger partial charge in [-0.3, -0.25) is 4.90 Å². The van der Waals surface area contributed by atoms with Crippen LogP contribution in [0.3, 0.4) is 0 Å². The summed E-state index contributed by atoms with van der Waals surface area (Å²) in [4.78, 5) is 11.0. The van der Waals surface area contributed by atoms with E-state index in [1.165, 1.54) is 25.9 Å². The fraction of sp³-hybridized carbons (Fsp3) is 0.667. The van der Waals surface area contributed by atoms with Crippen molar-refractivity contribution in [1.82, 2.24) is 20.2 Å². The van der Waals surface area contributed by atoms with E-state index >= 15 is 0 Å². The highest BCUT2D eigenvalue weighted by Gasteiger charge is 2.18. The molecule has 0 spiro atoms. The Balaban J connectivity index is 1.77. The molecule has 1 aliphatic heterocycles. The number of aromatic nitrogens is 2. The third-order valence-corrected chi connectivity index (χ3v) is 3.18. The van der Waals surface area contributed by atoms with Crippen LogP contribution in [0.4, 0.5) is 0 Å². The summed E-state index contributed by atoms with van der Waals surface area (Å²) >= 11 is 0. The molecule has 0 atom stereocenters. The third-order valence-electron chi connectivity index (χ3n) is 3.18. The Kier molecular flexibility index (Phi) is 4.25. The van der Waals surface area contributed by atoms with Gasteiger partial charge in [-0.1, -0.05) is 0 Å². The molecule has 1 aliphatic rings. The number of piperidine rings is 1. The first-order valence-corrected chi connectivity index (χ1v) is 6.01. The van der Waals surface area contributed by atoms with Gasteiger partial charge in [-0.2, -0.15) is 0 Å². The largest absolute Gasteiger partial charge is 0.319 e. The van der Waals surface area contributed by atoms with Crippen molar-refractivity contribution in [2.24, 2.45) is 5.92 Å². The van der Waals surface area contributed by atoms with Crippen molar-refractivity contribution in [2.45, 2.75) is 19.4 Å². The van der Waals surface area contributed by atoms with Gasteiger partial charge in [0.05, 0.1) is 6.54 Å². The van der Waals surface area contributed by atoms with Crippen molar-refractivity contribution < 1.29 is 0 Å². The number of nitrogens with one attached hydrogen (secondary N) is 1. The molecule has 1 aromatic heterocycles. The molecule has 0 radical (unpaired) electrons. The number of likely N-dealkylation sites (tertiary alicyclic amines) is 1. The molecule has 0 saturated carbocycles. The van der Waals surface area contributed by atoms with Gasteiger partial charge in [-0.05, 0) is 51.5 Å². The molecule has 0 amide bonds. The lowest BCUT2D eigenvalue weighted by atomic mass is 9.97. The third kappa shape index (κ3) is 3.25. The normalized spacial score (nSPS) is 18.8. The quantitative estimate of drug-likeness (QED) is 0.819. The predicted octanol–water partition coefficient (Wildman–Crippen LogP) is 0.908. The van der Waals surface area contributed by atoms with Gasteiger partial charge in [0.1, 0.15) is 5.82 Å². The van der Waals surface area contributed by atoms with E-state index in [4.69, 9.17) is 0 Å². The molecule has 2 heterocycles. The molecular formula is C12H20N4. The molecule has 0 aliphatic carbocycles. The highest BCUT2D eigenvalue weighted by atomic mass is 15.1. The zero-order valence-electron chi connectivity index (χ0n) is 9.89. The molecule has 0 unspecified atom stereocenters. The minimum atomic E-state index is 0.845. The first-order valence-electron chi connectivity index (χ1n) is 6.01. The fourth-order valence-corrected chi connectivity index (χ4v) is 2.25. The van der Waals surface area contributed by atoms with Crippen LogP contribution in [0, 0.1) is 5.92 Å². The molecule has 1 N–H and O–H groups in total. The maximum absolute atomic E-state index is 4.26. The Hall–Kier alpha value is -1.00. The Morgan fingerprint density at radius 1 is 1.31 bits per heavy atom. The second-order valence-corrected chi connectivity index (χ2v) is 4.44. The monoisotopic (exact) mass is 220 g/mol. The minimum Gasteiger partial charge on any atom is -0.319 e. The second-order valence-electron chi connectivity index (χ2n) is 4.44. The van der Waals surface area contributed by atoms with Crippen LogP contribution >= 0.6 is 0 Å². The van der Waals surface area contributed by atoms with E-state index in [9.17, 15) is 0 Å². The van der Waals surface area contributed by atoms with Crippen molar-refractivity contribution >= 4 is 0 Å². The average molecular weight is 220 g/mol. The molecular weight excluding hydrogens is 200 g/mol. The molecule has 0 bridgehead atoms. The Morgan fingerprint density at radius 3 is 2.62 bits per heavy atom. The van der Waals surface area contributed by atoms with Gasteiger partial charge in [0.15, 0.2) is 0 Å². The van der Waals surface area contributed by atoms with Crippen LogP contribution in [0.25, 0.3) is 0 Å². The first kappa shape index (κ1) is 11.5. The summed E-state index contributed by atoms with van der Waals surface area (Å²) in [7, 11) is 2.03. The lowest BCUT2D eigenvalue weighted by Crippen LogP contribution is -2.36. The number of nitrogens with zero attached hydrogens (tertiary/aromatic N) is 3. The summed E-state index contributed by atoms with van der Waals surface area (Å²) in [5, 5.41) is 3.26. The summed E-state index contributed by atoms with van der Waals surface area (Å²) < 4.78 is 0. The fourth-order valence-electron chi connectivity index (χ4n) is 2.25. The summed E-state index contributed by atoms with van der Waals surface area (Å²) in [6.07, 6.45) is 6.20. The second kappa shape index (κ2) is 5.92. The van der Waals surface area contributed by atoms with Crippen molar-refractivity contribution in [2.75, 3.05) is 26.7 Å². The molecule has 16 heavy (non-hydrogen) atoms. The molecule has 1 aromatic rings. The number of hydrogen-bond acceptors (Lipinski definition) is 4. The van der Waals surface area contributed by atoms with Gasteiger partial charge >= 0.3 is 0 Å². The highest BCUT2D eigenvalue weighted by molar-refractivity contribution is 4.89. The smallest absolute Gasteiger partial charge is 0.142 e. The molecule has 4 nitrogen and oxygen atoms in total. The lowest BCUT2D eigenvalue weighted by molar-refractivity contribution is 0.173. The van der Waals surface area contributed by atoms with E-state index in [0.29, 0.717) is 0 Å². The SMILES string of the molecule is CNCC1CCN(Cc2ncccn2)CC1.